The number of fused-ring (bicyclic) bond motifs is 1. The smallest absolute Gasteiger partial charge is 0.352 e. The number of carboxylic acid groups (broad SMARTS) is 1. The first-order valence-corrected chi connectivity index (χ1v) is 6.06. The second-order valence-electron chi connectivity index (χ2n) is 4.38. The number of hydrogen-bond acceptors (Lipinski definition) is 1. The minimum Gasteiger partial charge on any atom is -0.477 e. The number of aromatic nitrogens is 1. The van der Waals surface area contributed by atoms with Crippen molar-refractivity contribution in [3.63, 3.8) is 0 Å². The van der Waals surface area contributed by atoms with Crippen molar-refractivity contribution in [3.05, 3.63) is 47.7 Å². The van der Waals surface area contributed by atoms with Gasteiger partial charge in [0.2, 0.25) is 0 Å². The van der Waals surface area contributed by atoms with E-state index in [0.717, 1.165) is 22.9 Å². The molecule has 0 fully saturated rings. The molecule has 1 aromatic carbocycles. The summed E-state index contributed by atoms with van der Waals surface area (Å²) in [4.78, 5) is 11.4. The van der Waals surface area contributed by atoms with Gasteiger partial charge in [-0.25, -0.2) is 4.79 Å². The maximum atomic E-state index is 11.4. The van der Waals surface area contributed by atoms with Crippen LogP contribution >= 0.6 is 0 Å². The molecule has 0 aliphatic rings. The van der Waals surface area contributed by atoms with Gasteiger partial charge < -0.3 is 9.67 Å². The van der Waals surface area contributed by atoms with Crippen molar-refractivity contribution in [1.29, 1.82) is 0 Å². The zero-order valence-electron chi connectivity index (χ0n) is 10.7. The molecule has 0 amide bonds. The van der Waals surface area contributed by atoms with Crippen LogP contribution in [-0.4, -0.2) is 15.6 Å². The molecule has 3 heteroatoms. The standard InChI is InChI=1S/C15H17NO2/c1-4-8-16-13-7-6-11(5-2)9-12(13)10(3)14(16)15(17)18/h4,6-7,9H,1,5,8H2,2-3H3,(H,17,18). The van der Waals surface area contributed by atoms with E-state index in [-0.39, 0.29) is 0 Å². The summed E-state index contributed by atoms with van der Waals surface area (Å²) in [5.41, 5.74) is 3.37. The van der Waals surface area contributed by atoms with E-state index in [9.17, 15) is 9.90 Å². The largest absolute Gasteiger partial charge is 0.477 e. The fourth-order valence-electron chi connectivity index (χ4n) is 2.38. The van der Waals surface area contributed by atoms with Gasteiger partial charge in [0.05, 0.1) is 0 Å². The van der Waals surface area contributed by atoms with Crippen LogP contribution in [0.5, 0.6) is 0 Å². The first-order valence-electron chi connectivity index (χ1n) is 6.06. The summed E-state index contributed by atoms with van der Waals surface area (Å²) >= 11 is 0. The van der Waals surface area contributed by atoms with Crippen LogP contribution < -0.4 is 0 Å². The van der Waals surface area contributed by atoms with Gasteiger partial charge in [0.25, 0.3) is 0 Å². The number of aryl methyl sites for hydroxylation is 2. The Morgan fingerprint density at radius 2 is 2.22 bits per heavy atom. The maximum absolute atomic E-state index is 11.4. The molecule has 94 valence electrons. The summed E-state index contributed by atoms with van der Waals surface area (Å²) in [5, 5.41) is 10.4. The van der Waals surface area contributed by atoms with E-state index in [4.69, 9.17) is 0 Å². The van der Waals surface area contributed by atoms with Crippen LogP contribution in [0, 0.1) is 6.92 Å². The highest BCUT2D eigenvalue weighted by Gasteiger charge is 2.18. The molecule has 0 radical (unpaired) electrons. The van der Waals surface area contributed by atoms with Crippen molar-refractivity contribution in [2.24, 2.45) is 0 Å². The number of carboxylic acids is 1. The van der Waals surface area contributed by atoms with Crippen molar-refractivity contribution in [3.8, 4) is 0 Å². The lowest BCUT2D eigenvalue weighted by molar-refractivity contribution is 0.0685. The molecule has 0 unspecified atom stereocenters. The second-order valence-corrected chi connectivity index (χ2v) is 4.38. The second kappa shape index (κ2) is 4.69. The molecule has 0 spiro atoms. The topological polar surface area (TPSA) is 42.2 Å². The molecule has 1 N–H and O–H groups in total. The van der Waals surface area contributed by atoms with Crippen molar-refractivity contribution in [2.75, 3.05) is 0 Å². The van der Waals surface area contributed by atoms with Crippen molar-refractivity contribution < 1.29 is 9.90 Å². The van der Waals surface area contributed by atoms with Gasteiger partial charge in [-0.1, -0.05) is 19.1 Å². The average molecular weight is 243 g/mol. The molecule has 2 rings (SSSR count). The Labute approximate surface area is 106 Å². The third-order valence-corrected chi connectivity index (χ3v) is 3.30. The Bertz CT molecular complexity index is 623. The Kier molecular flexibility index (Phi) is 3.24. The fourth-order valence-corrected chi connectivity index (χ4v) is 2.38. The van der Waals surface area contributed by atoms with E-state index in [1.165, 1.54) is 5.56 Å². The van der Waals surface area contributed by atoms with Crippen LogP contribution in [0.1, 0.15) is 28.5 Å². The number of aromatic carboxylic acids is 1. The predicted octanol–water partition coefficient (Wildman–Crippen LogP) is 3.40. The van der Waals surface area contributed by atoms with Gasteiger partial charge in [0, 0.05) is 17.4 Å². The quantitative estimate of drug-likeness (QED) is 0.836. The zero-order valence-corrected chi connectivity index (χ0v) is 10.7. The van der Waals surface area contributed by atoms with Gasteiger partial charge in [-0.3, -0.25) is 0 Å². The first-order chi connectivity index (χ1) is 8.60. The third-order valence-electron chi connectivity index (χ3n) is 3.30. The maximum Gasteiger partial charge on any atom is 0.352 e. The van der Waals surface area contributed by atoms with Crippen LogP contribution in [0.2, 0.25) is 0 Å². The highest BCUT2D eigenvalue weighted by atomic mass is 16.4. The Balaban J connectivity index is 2.81. The molecule has 1 heterocycles. The third kappa shape index (κ3) is 1.82. The Hall–Kier alpha value is -2.03. The molecule has 0 aliphatic heterocycles. The van der Waals surface area contributed by atoms with Crippen molar-refractivity contribution in [1.82, 2.24) is 4.57 Å². The van der Waals surface area contributed by atoms with Crippen LogP contribution in [0.25, 0.3) is 10.9 Å². The minimum atomic E-state index is -0.886. The number of carbonyl (C=O) groups is 1. The van der Waals surface area contributed by atoms with E-state index in [1.54, 1.807) is 10.6 Å². The summed E-state index contributed by atoms with van der Waals surface area (Å²) in [5.74, 6) is -0.886. The molecule has 1 aromatic heterocycles. The van der Waals surface area contributed by atoms with E-state index in [1.807, 2.05) is 19.1 Å². The van der Waals surface area contributed by atoms with E-state index < -0.39 is 5.97 Å². The number of allylic oxidation sites excluding steroid dienone is 1. The van der Waals surface area contributed by atoms with Crippen LogP contribution in [0.3, 0.4) is 0 Å². The summed E-state index contributed by atoms with van der Waals surface area (Å²) in [6.45, 7) is 8.16. The lowest BCUT2D eigenvalue weighted by Crippen LogP contribution is -2.08. The molecule has 3 nitrogen and oxygen atoms in total. The molecule has 0 atom stereocenters. The number of hydrogen-bond donors (Lipinski definition) is 1. The van der Waals surface area contributed by atoms with Gasteiger partial charge >= 0.3 is 5.97 Å². The van der Waals surface area contributed by atoms with Crippen molar-refractivity contribution >= 4 is 16.9 Å². The molecule has 2 aromatic rings. The normalized spacial score (nSPS) is 10.8. The van der Waals surface area contributed by atoms with Gasteiger partial charge in [-0.2, -0.15) is 0 Å². The molecular formula is C15H17NO2. The highest BCUT2D eigenvalue weighted by molar-refractivity contribution is 5.98. The minimum absolute atomic E-state index is 0.359. The molecular weight excluding hydrogens is 226 g/mol. The fraction of sp³-hybridized carbons (Fsp3) is 0.267. The molecule has 0 saturated carbocycles. The molecule has 18 heavy (non-hydrogen) atoms. The van der Waals surface area contributed by atoms with Crippen molar-refractivity contribution in [2.45, 2.75) is 26.8 Å². The van der Waals surface area contributed by atoms with Crippen LogP contribution in [0.4, 0.5) is 0 Å². The van der Waals surface area contributed by atoms with E-state index in [0.29, 0.717) is 12.2 Å². The lowest BCUT2D eigenvalue weighted by Gasteiger charge is -2.05. The van der Waals surface area contributed by atoms with Crippen LogP contribution in [-0.2, 0) is 13.0 Å². The van der Waals surface area contributed by atoms with Gasteiger partial charge in [0.15, 0.2) is 0 Å². The Morgan fingerprint density at radius 1 is 1.50 bits per heavy atom. The number of rotatable bonds is 4. The first kappa shape index (κ1) is 12.4. The predicted molar refractivity (Wildman–Crippen MR) is 73.2 cm³/mol. The molecule has 0 aliphatic carbocycles. The summed E-state index contributed by atoms with van der Waals surface area (Å²) < 4.78 is 1.80. The van der Waals surface area contributed by atoms with Crippen LogP contribution in [0.15, 0.2) is 30.9 Å². The monoisotopic (exact) mass is 243 g/mol. The Morgan fingerprint density at radius 3 is 2.78 bits per heavy atom. The lowest BCUT2D eigenvalue weighted by atomic mass is 10.1. The highest BCUT2D eigenvalue weighted by Crippen LogP contribution is 2.27. The molecule has 0 saturated heterocycles. The summed E-state index contributed by atoms with van der Waals surface area (Å²) in [7, 11) is 0. The SMILES string of the molecule is C=CCn1c(C(=O)O)c(C)c2cc(CC)ccc21. The molecule has 0 bridgehead atoms. The van der Waals surface area contributed by atoms with E-state index >= 15 is 0 Å². The number of nitrogens with zero attached hydrogens (tertiary/aromatic N) is 1. The van der Waals surface area contributed by atoms with Gasteiger partial charge in [0.1, 0.15) is 5.69 Å². The summed E-state index contributed by atoms with van der Waals surface area (Å²) in [6.07, 6.45) is 2.67. The average Bonchev–Trinajstić information content (AvgIpc) is 2.63. The summed E-state index contributed by atoms with van der Waals surface area (Å²) in [6, 6.07) is 6.13. The van der Waals surface area contributed by atoms with Gasteiger partial charge in [-0.05, 0) is 36.6 Å². The number of benzene rings is 1. The van der Waals surface area contributed by atoms with Gasteiger partial charge in [-0.15, -0.1) is 6.58 Å². The van der Waals surface area contributed by atoms with E-state index in [2.05, 4.69) is 19.6 Å². The zero-order chi connectivity index (χ0) is 13.3.